The van der Waals surface area contributed by atoms with Crippen LogP contribution in [0.5, 0.6) is 0 Å². The highest BCUT2D eigenvalue weighted by Crippen LogP contribution is 2.12. The molecule has 0 saturated heterocycles. The molecular formula is C13H16N4O2. The average molecular weight is 260 g/mol. The molecule has 6 heteroatoms. The smallest absolute Gasteiger partial charge is 0.253 e. The maximum Gasteiger partial charge on any atom is 0.253 e. The first-order valence-corrected chi connectivity index (χ1v) is 6.08. The van der Waals surface area contributed by atoms with Gasteiger partial charge >= 0.3 is 0 Å². The number of aryl methyl sites for hydroxylation is 1. The number of oxazole rings is 1. The minimum absolute atomic E-state index is 0.192. The van der Waals surface area contributed by atoms with Crippen LogP contribution in [0, 0.1) is 0 Å². The van der Waals surface area contributed by atoms with Gasteiger partial charge in [-0.1, -0.05) is 6.92 Å². The standard InChI is InChI=1S/C13H16N4O2/c1-3-9-6-16-12(19-9)8-17-13(18)10-4-5-15-7-11(10)14-2/h4-7,14H,3,8H2,1-2H3,(H,17,18). The van der Waals surface area contributed by atoms with Gasteiger partial charge in [-0.05, 0) is 6.07 Å². The molecule has 0 aliphatic carbocycles. The van der Waals surface area contributed by atoms with Gasteiger partial charge in [0.15, 0.2) is 0 Å². The lowest BCUT2D eigenvalue weighted by molar-refractivity contribution is 0.0948. The lowest BCUT2D eigenvalue weighted by Crippen LogP contribution is -2.23. The first-order chi connectivity index (χ1) is 9.24. The van der Waals surface area contributed by atoms with Crippen LogP contribution in [0.2, 0.25) is 0 Å². The average Bonchev–Trinajstić information content (AvgIpc) is 2.92. The predicted molar refractivity (Wildman–Crippen MR) is 70.8 cm³/mol. The van der Waals surface area contributed by atoms with E-state index < -0.39 is 0 Å². The summed E-state index contributed by atoms with van der Waals surface area (Å²) in [5.74, 6) is 1.12. The van der Waals surface area contributed by atoms with Gasteiger partial charge < -0.3 is 15.1 Å². The molecule has 2 N–H and O–H groups in total. The number of nitrogens with one attached hydrogen (secondary N) is 2. The maximum absolute atomic E-state index is 12.0. The minimum Gasteiger partial charge on any atom is -0.444 e. The third-order valence-corrected chi connectivity index (χ3v) is 2.69. The van der Waals surface area contributed by atoms with Crippen molar-refractivity contribution in [1.82, 2.24) is 15.3 Å². The van der Waals surface area contributed by atoms with Crippen LogP contribution in [-0.2, 0) is 13.0 Å². The van der Waals surface area contributed by atoms with Crippen molar-refractivity contribution in [2.75, 3.05) is 12.4 Å². The topological polar surface area (TPSA) is 80.0 Å². The quantitative estimate of drug-likeness (QED) is 0.853. The first-order valence-electron chi connectivity index (χ1n) is 6.08. The van der Waals surface area contributed by atoms with Gasteiger partial charge in [0, 0.05) is 19.7 Å². The van der Waals surface area contributed by atoms with Crippen molar-refractivity contribution in [2.24, 2.45) is 0 Å². The number of rotatable bonds is 5. The van der Waals surface area contributed by atoms with Gasteiger partial charge in [-0.25, -0.2) is 4.98 Å². The number of aromatic nitrogens is 2. The lowest BCUT2D eigenvalue weighted by Gasteiger charge is -2.07. The fourth-order valence-corrected chi connectivity index (χ4v) is 1.64. The maximum atomic E-state index is 12.0. The van der Waals surface area contributed by atoms with Gasteiger partial charge in [0.05, 0.1) is 30.2 Å². The highest BCUT2D eigenvalue weighted by molar-refractivity contribution is 5.99. The van der Waals surface area contributed by atoms with Crippen molar-refractivity contribution >= 4 is 11.6 Å². The van der Waals surface area contributed by atoms with Crippen LogP contribution in [-0.4, -0.2) is 22.9 Å². The molecule has 0 aromatic carbocycles. The van der Waals surface area contributed by atoms with E-state index in [2.05, 4.69) is 20.6 Å². The van der Waals surface area contributed by atoms with Crippen LogP contribution in [0.15, 0.2) is 29.1 Å². The molecule has 2 heterocycles. The Morgan fingerprint density at radius 3 is 2.95 bits per heavy atom. The molecule has 0 spiro atoms. The largest absolute Gasteiger partial charge is 0.444 e. The van der Waals surface area contributed by atoms with E-state index in [1.54, 1.807) is 31.7 Å². The monoisotopic (exact) mass is 260 g/mol. The minimum atomic E-state index is -0.192. The Labute approximate surface area is 111 Å². The zero-order valence-corrected chi connectivity index (χ0v) is 10.9. The summed E-state index contributed by atoms with van der Waals surface area (Å²) in [6, 6.07) is 1.66. The Bertz CT molecular complexity index is 565. The molecular weight excluding hydrogens is 244 g/mol. The molecule has 0 atom stereocenters. The van der Waals surface area contributed by atoms with Gasteiger partial charge in [-0.2, -0.15) is 0 Å². The summed E-state index contributed by atoms with van der Waals surface area (Å²) in [5, 5.41) is 5.69. The number of nitrogens with zero attached hydrogens (tertiary/aromatic N) is 2. The van der Waals surface area contributed by atoms with E-state index in [1.807, 2.05) is 6.92 Å². The fourth-order valence-electron chi connectivity index (χ4n) is 1.64. The van der Waals surface area contributed by atoms with E-state index in [1.165, 1.54) is 0 Å². The van der Waals surface area contributed by atoms with E-state index in [0.29, 0.717) is 17.1 Å². The van der Waals surface area contributed by atoms with Crippen LogP contribution in [0.4, 0.5) is 5.69 Å². The summed E-state index contributed by atoms with van der Waals surface area (Å²) in [5.41, 5.74) is 1.22. The highest BCUT2D eigenvalue weighted by atomic mass is 16.4. The summed E-state index contributed by atoms with van der Waals surface area (Å²) < 4.78 is 5.42. The molecule has 0 aliphatic heterocycles. The van der Waals surface area contributed by atoms with Gasteiger partial charge in [0.1, 0.15) is 5.76 Å². The van der Waals surface area contributed by atoms with Crippen molar-refractivity contribution in [3.05, 3.63) is 41.9 Å². The molecule has 0 saturated carbocycles. The normalized spacial score (nSPS) is 10.2. The first kappa shape index (κ1) is 13.1. The summed E-state index contributed by atoms with van der Waals surface area (Å²) in [6.45, 7) is 2.25. The number of carbonyl (C=O) groups is 1. The van der Waals surface area contributed by atoms with Crippen LogP contribution >= 0.6 is 0 Å². The Balaban J connectivity index is 2.01. The molecule has 0 radical (unpaired) electrons. The number of anilines is 1. The highest BCUT2D eigenvalue weighted by Gasteiger charge is 2.11. The van der Waals surface area contributed by atoms with E-state index in [9.17, 15) is 4.79 Å². The number of pyridine rings is 1. The number of amides is 1. The zero-order valence-electron chi connectivity index (χ0n) is 10.9. The van der Waals surface area contributed by atoms with Crippen molar-refractivity contribution in [3.8, 4) is 0 Å². The summed E-state index contributed by atoms with van der Waals surface area (Å²) in [4.78, 5) is 20.1. The lowest BCUT2D eigenvalue weighted by atomic mass is 10.2. The number of hydrogen-bond acceptors (Lipinski definition) is 5. The Morgan fingerprint density at radius 1 is 1.42 bits per heavy atom. The van der Waals surface area contributed by atoms with Crippen molar-refractivity contribution < 1.29 is 9.21 Å². The predicted octanol–water partition coefficient (Wildman–Crippen LogP) is 1.60. The number of carbonyl (C=O) groups excluding carboxylic acids is 1. The summed E-state index contributed by atoms with van der Waals surface area (Å²) in [6.07, 6.45) is 5.65. The third kappa shape index (κ3) is 3.09. The van der Waals surface area contributed by atoms with E-state index >= 15 is 0 Å². The Morgan fingerprint density at radius 2 is 2.26 bits per heavy atom. The van der Waals surface area contributed by atoms with Gasteiger partial charge in [-0.15, -0.1) is 0 Å². The molecule has 0 fully saturated rings. The van der Waals surface area contributed by atoms with Crippen molar-refractivity contribution in [3.63, 3.8) is 0 Å². The second kappa shape index (κ2) is 5.99. The SMILES string of the molecule is CCc1cnc(CNC(=O)c2ccncc2NC)o1. The molecule has 0 unspecified atom stereocenters. The number of hydrogen-bond donors (Lipinski definition) is 2. The molecule has 2 aromatic heterocycles. The molecule has 2 aromatic rings. The van der Waals surface area contributed by atoms with E-state index in [-0.39, 0.29) is 12.5 Å². The molecule has 0 aliphatic rings. The van der Waals surface area contributed by atoms with Crippen LogP contribution < -0.4 is 10.6 Å². The molecule has 1 amide bonds. The molecule has 100 valence electrons. The van der Waals surface area contributed by atoms with Crippen LogP contribution in [0.1, 0.15) is 28.9 Å². The second-order valence-corrected chi connectivity index (χ2v) is 3.93. The van der Waals surface area contributed by atoms with Crippen LogP contribution in [0.3, 0.4) is 0 Å². The van der Waals surface area contributed by atoms with Gasteiger partial charge in [-0.3, -0.25) is 9.78 Å². The Kier molecular flexibility index (Phi) is 4.12. The summed E-state index contributed by atoms with van der Waals surface area (Å²) >= 11 is 0. The van der Waals surface area contributed by atoms with Crippen LogP contribution in [0.25, 0.3) is 0 Å². The second-order valence-electron chi connectivity index (χ2n) is 3.93. The molecule has 19 heavy (non-hydrogen) atoms. The fraction of sp³-hybridized carbons (Fsp3) is 0.308. The van der Waals surface area contributed by atoms with Crippen molar-refractivity contribution in [2.45, 2.75) is 19.9 Å². The molecule has 6 nitrogen and oxygen atoms in total. The summed E-state index contributed by atoms with van der Waals surface area (Å²) in [7, 11) is 1.75. The van der Waals surface area contributed by atoms with Gasteiger partial charge in [0.2, 0.25) is 5.89 Å². The Hall–Kier alpha value is -2.37. The third-order valence-electron chi connectivity index (χ3n) is 2.69. The van der Waals surface area contributed by atoms with E-state index in [0.717, 1.165) is 12.2 Å². The zero-order chi connectivity index (χ0) is 13.7. The van der Waals surface area contributed by atoms with E-state index in [4.69, 9.17) is 4.42 Å². The van der Waals surface area contributed by atoms with Gasteiger partial charge in [0.25, 0.3) is 5.91 Å². The van der Waals surface area contributed by atoms with Crippen molar-refractivity contribution in [1.29, 1.82) is 0 Å². The molecule has 0 bridgehead atoms. The molecule has 2 rings (SSSR count).